The molecule has 0 fully saturated rings. The molecule has 2 aromatic carbocycles. The van der Waals surface area contributed by atoms with Crippen LogP contribution in [0.15, 0.2) is 39.3 Å². The van der Waals surface area contributed by atoms with Crippen molar-refractivity contribution in [2.45, 2.75) is 6.92 Å². The summed E-state index contributed by atoms with van der Waals surface area (Å²) in [6, 6.07) is 11.4. The van der Waals surface area contributed by atoms with Crippen LogP contribution in [-0.4, -0.2) is 0 Å². The first kappa shape index (κ1) is 14.4. The fraction of sp³-hybridized carbons (Fsp3) is 0.0714. The highest BCUT2D eigenvalue weighted by Crippen LogP contribution is 2.33. The van der Waals surface area contributed by atoms with Gasteiger partial charge in [0, 0.05) is 14.0 Å². The molecule has 19 heavy (non-hydrogen) atoms. The maximum atomic E-state index is 9.11. The summed E-state index contributed by atoms with van der Waals surface area (Å²) in [6.45, 7) is 1.94. The Morgan fingerprint density at radius 1 is 1.16 bits per heavy atom. The number of hydrogen-bond donors (Lipinski definition) is 1. The maximum absolute atomic E-state index is 9.11. The van der Waals surface area contributed by atoms with E-state index in [9.17, 15) is 0 Å². The maximum Gasteiger partial charge on any atom is 0.101 e. The van der Waals surface area contributed by atoms with Crippen molar-refractivity contribution in [3.8, 4) is 6.07 Å². The van der Waals surface area contributed by atoms with E-state index in [1.807, 2.05) is 31.2 Å². The molecule has 0 saturated heterocycles. The first-order valence-corrected chi connectivity index (χ1v) is 7.40. The van der Waals surface area contributed by atoms with Crippen molar-refractivity contribution < 1.29 is 0 Å². The van der Waals surface area contributed by atoms with Crippen LogP contribution in [0.2, 0.25) is 5.02 Å². The fourth-order valence-corrected chi connectivity index (χ4v) is 2.69. The van der Waals surface area contributed by atoms with Crippen molar-refractivity contribution >= 4 is 54.8 Å². The van der Waals surface area contributed by atoms with Gasteiger partial charge in [0.2, 0.25) is 0 Å². The minimum Gasteiger partial charge on any atom is -0.353 e. The second-order valence-corrected chi connectivity index (χ2v) is 6.19. The molecular formula is C14H9Br2ClN2. The van der Waals surface area contributed by atoms with E-state index in [0.717, 1.165) is 25.9 Å². The molecule has 2 aromatic rings. The summed E-state index contributed by atoms with van der Waals surface area (Å²) in [5.41, 5.74) is 3.13. The molecule has 0 radical (unpaired) electrons. The standard InChI is InChI=1S/C14H9Br2ClN2/c1-8-4-11(16)14(6-12(8)17)19-13-5-10(15)3-2-9(13)7-18/h2-6,19H,1H3. The molecule has 2 rings (SSSR count). The van der Waals surface area contributed by atoms with Gasteiger partial charge in [-0.05, 0) is 58.7 Å². The van der Waals surface area contributed by atoms with Gasteiger partial charge in [0.05, 0.1) is 16.9 Å². The van der Waals surface area contributed by atoms with Gasteiger partial charge in [-0.25, -0.2) is 0 Å². The lowest BCUT2D eigenvalue weighted by atomic mass is 10.1. The van der Waals surface area contributed by atoms with Crippen molar-refractivity contribution in [3.63, 3.8) is 0 Å². The highest BCUT2D eigenvalue weighted by atomic mass is 79.9. The van der Waals surface area contributed by atoms with Crippen molar-refractivity contribution in [2.75, 3.05) is 5.32 Å². The highest BCUT2D eigenvalue weighted by Gasteiger charge is 2.08. The summed E-state index contributed by atoms with van der Waals surface area (Å²) >= 11 is 13.0. The summed E-state index contributed by atoms with van der Waals surface area (Å²) in [7, 11) is 0. The van der Waals surface area contributed by atoms with E-state index in [2.05, 4.69) is 43.2 Å². The lowest BCUT2D eigenvalue weighted by molar-refractivity contribution is 1.41. The Morgan fingerprint density at radius 3 is 2.58 bits per heavy atom. The van der Waals surface area contributed by atoms with Crippen LogP contribution in [0.1, 0.15) is 11.1 Å². The Labute approximate surface area is 133 Å². The Morgan fingerprint density at radius 2 is 1.89 bits per heavy atom. The van der Waals surface area contributed by atoms with Crippen LogP contribution in [0, 0.1) is 18.3 Å². The molecule has 0 atom stereocenters. The molecule has 0 aromatic heterocycles. The largest absolute Gasteiger partial charge is 0.353 e. The minimum atomic E-state index is 0.576. The fourth-order valence-electron chi connectivity index (χ4n) is 1.60. The third-order valence-electron chi connectivity index (χ3n) is 2.62. The first-order valence-electron chi connectivity index (χ1n) is 5.43. The van der Waals surface area contributed by atoms with Crippen LogP contribution in [0.25, 0.3) is 0 Å². The molecule has 0 saturated carbocycles. The summed E-state index contributed by atoms with van der Waals surface area (Å²) in [4.78, 5) is 0. The van der Waals surface area contributed by atoms with Crippen LogP contribution in [-0.2, 0) is 0 Å². The molecule has 0 bridgehead atoms. The Balaban J connectivity index is 2.45. The quantitative estimate of drug-likeness (QED) is 0.693. The monoisotopic (exact) mass is 398 g/mol. The van der Waals surface area contributed by atoms with Gasteiger partial charge in [0.1, 0.15) is 6.07 Å². The van der Waals surface area contributed by atoms with Gasteiger partial charge in [0.25, 0.3) is 0 Å². The Hall–Kier alpha value is -1.02. The molecule has 1 N–H and O–H groups in total. The van der Waals surface area contributed by atoms with Gasteiger partial charge >= 0.3 is 0 Å². The Bertz CT molecular complexity index is 678. The van der Waals surface area contributed by atoms with Crippen LogP contribution in [0.3, 0.4) is 0 Å². The lowest BCUT2D eigenvalue weighted by Gasteiger charge is -2.12. The molecule has 0 amide bonds. The molecular weight excluding hydrogens is 391 g/mol. The SMILES string of the molecule is Cc1cc(Br)c(Nc2cc(Br)ccc2C#N)cc1Cl. The van der Waals surface area contributed by atoms with E-state index in [1.54, 1.807) is 6.07 Å². The molecule has 0 unspecified atom stereocenters. The third kappa shape index (κ3) is 3.30. The van der Waals surface area contributed by atoms with Crippen molar-refractivity contribution in [3.05, 3.63) is 55.4 Å². The van der Waals surface area contributed by atoms with Crippen LogP contribution in [0.5, 0.6) is 0 Å². The van der Waals surface area contributed by atoms with E-state index < -0.39 is 0 Å². The summed E-state index contributed by atoms with van der Waals surface area (Å²) in [5, 5.41) is 13.0. The third-order valence-corrected chi connectivity index (χ3v) is 4.18. The Kier molecular flexibility index (Phi) is 4.51. The normalized spacial score (nSPS) is 10.1. The van der Waals surface area contributed by atoms with Gasteiger partial charge in [-0.3, -0.25) is 0 Å². The lowest BCUT2D eigenvalue weighted by Crippen LogP contribution is -1.95. The zero-order chi connectivity index (χ0) is 14.0. The molecule has 96 valence electrons. The van der Waals surface area contributed by atoms with Crippen molar-refractivity contribution in [1.29, 1.82) is 5.26 Å². The highest BCUT2D eigenvalue weighted by molar-refractivity contribution is 9.10. The van der Waals surface area contributed by atoms with Gasteiger partial charge in [0.15, 0.2) is 0 Å². The van der Waals surface area contributed by atoms with E-state index in [-0.39, 0.29) is 0 Å². The van der Waals surface area contributed by atoms with E-state index in [4.69, 9.17) is 16.9 Å². The summed E-state index contributed by atoms with van der Waals surface area (Å²) in [5.74, 6) is 0. The topological polar surface area (TPSA) is 35.8 Å². The molecule has 0 spiro atoms. The number of aryl methyl sites for hydroxylation is 1. The number of rotatable bonds is 2. The molecule has 0 aliphatic rings. The van der Waals surface area contributed by atoms with Gasteiger partial charge < -0.3 is 5.32 Å². The zero-order valence-corrected chi connectivity index (χ0v) is 13.9. The molecule has 0 aliphatic heterocycles. The number of anilines is 2. The second-order valence-electron chi connectivity index (χ2n) is 4.01. The number of halogens is 3. The number of hydrogen-bond acceptors (Lipinski definition) is 2. The number of nitrogens with zero attached hydrogens (tertiary/aromatic N) is 1. The van der Waals surface area contributed by atoms with Crippen molar-refractivity contribution in [2.24, 2.45) is 0 Å². The first-order chi connectivity index (χ1) is 9.01. The van der Waals surface area contributed by atoms with Gasteiger partial charge in [-0.15, -0.1) is 0 Å². The van der Waals surface area contributed by atoms with Crippen LogP contribution >= 0.6 is 43.5 Å². The smallest absolute Gasteiger partial charge is 0.101 e. The van der Waals surface area contributed by atoms with E-state index >= 15 is 0 Å². The average Bonchev–Trinajstić information content (AvgIpc) is 2.36. The second kappa shape index (κ2) is 5.96. The van der Waals surface area contributed by atoms with Gasteiger partial charge in [-0.2, -0.15) is 5.26 Å². The molecule has 5 heteroatoms. The molecule has 0 aliphatic carbocycles. The molecule has 2 nitrogen and oxygen atoms in total. The number of benzene rings is 2. The van der Waals surface area contributed by atoms with E-state index in [0.29, 0.717) is 10.6 Å². The predicted molar refractivity (Wildman–Crippen MR) is 86.0 cm³/mol. The van der Waals surface area contributed by atoms with Gasteiger partial charge in [-0.1, -0.05) is 27.5 Å². The average molecular weight is 401 g/mol. The number of nitriles is 1. The van der Waals surface area contributed by atoms with E-state index in [1.165, 1.54) is 0 Å². The summed E-state index contributed by atoms with van der Waals surface area (Å²) in [6.07, 6.45) is 0. The predicted octanol–water partition coefficient (Wildman–Crippen LogP) is 5.79. The zero-order valence-electron chi connectivity index (χ0n) is 9.97. The minimum absolute atomic E-state index is 0.576. The van der Waals surface area contributed by atoms with Crippen molar-refractivity contribution in [1.82, 2.24) is 0 Å². The van der Waals surface area contributed by atoms with Crippen LogP contribution < -0.4 is 5.32 Å². The summed E-state index contributed by atoms with van der Waals surface area (Å²) < 4.78 is 1.81. The molecule has 0 heterocycles. The number of nitrogens with one attached hydrogen (secondary N) is 1. The van der Waals surface area contributed by atoms with Crippen LogP contribution in [0.4, 0.5) is 11.4 Å².